The summed E-state index contributed by atoms with van der Waals surface area (Å²) in [6.07, 6.45) is 1.45. The van der Waals surface area contributed by atoms with Gasteiger partial charge in [0.25, 0.3) is 5.91 Å². The van der Waals surface area contributed by atoms with Crippen molar-refractivity contribution in [1.29, 1.82) is 0 Å². The van der Waals surface area contributed by atoms with Crippen LogP contribution in [0.4, 0.5) is 0 Å². The molecule has 112 valence electrons. The normalized spacial score (nSPS) is 10.6. The largest absolute Gasteiger partial charge is 0.351 e. The summed E-state index contributed by atoms with van der Waals surface area (Å²) in [6.45, 7) is 4.44. The molecule has 2 heterocycles. The number of nitrogens with zero attached hydrogens (tertiary/aromatic N) is 2. The molecule has 1 N–H and O–H groups in total. The Morgan fingerprint density at radius 1 is 1.27 bits per heavy atom. The summed E-state index contributed by atoms with van der Waals surface area (Å²) in [7, 11) is 0. The minimum Gasteiger partial charge on any atom is -0.351 e. The topological polar surface area (TPSA) is 68.0 Å². The Labute approximate surface area is 132 Å². The van der Waals surface area contributed by atoms with E-state index in [0.717, 1.165) is 21.1 Å². The molecule has 0 unspecified atom stereocenters. The van der Waals surface area contributed by atoms with Crippen LogP contribution in [0.2, 0.25) is 0 Å². The number of nitrogens with one attached hydrogen (secondary N) is 1. The van der Waals surface area contributed by atoms with Crippen LogP contribution >= 0.6 is 11.3 Å². The van der Waals surface area contributed by atoms with Crippen LogP contribution in [-0.2, 0) is 6.54 Å². The standard InChI is InChI=1S/C16H15N3O2S/c1-10-5-3-4-6-12(10)16-19-11(2)14(22-16)9-17-15(20)13-7-8-18-21-13/h3-8H,9H2,1-2H3,(H,17,20). The van der Waals surface area contributed by atoms with Gasteiger partial charge in [-0.3, -0.25) is 4.79 Å². The van der Waals surface area contributed by atoms with E-state index in [1.807, 2.05) is 19.1 Å². The Bertz CT molecular complexity index is 794. The van der Waals surface area contributed by atoms with Crippen molar-refractivity contribution >= 4 is 17.2 Å². The van der Waals surface area contributed by atoms with Gasteiger partial charge in [-0.2, -0.15) is 0 Å². The highest BCUT2D eigenvalue weighted by Crippen LogP contribution is 2.29. The van der Waals surface area contributed by atoms with Crippen molar-refractivity contribution in [3.8, 4) is 10.6 Å². The van der Waals surface area contributed by atoms with Crippen LogP contribution in [0, 0.1) is 13.8 Å². The minimum absolute atomic E-state index is 0.210. The number of aromatic nitrogens is 2. The SMILES string of the molecule is Cc1ccccc1-c1nc(C)c(CNC(=O)c2ccno2)s1. The molecule has 1 amide bonds. The maximum Gasteiger partial charge on any atom is 0.290 e. The molecule has 2 aromatic heterocycles. The fraction of sp³-hybridized carbons (Fsp3) is 0.188. The van der Waals surface area contributed by atoms with Gasteiger partial charge < -0.3 is 9.84 Å². The fourth-order valence-electron chi connectivity index (χ4n) is 2.10. The van der Waals surface area contributed by atoms with Crippen LogP contribution in [-0.4, -0.2) is 16.0 Å². The summed E-state index contributed by atoms with van der Waals surface area (Å²) in [6, 6.07) is 9.68. The second-order valence-electron chi connectivity index (χ2n) is 4.90. The summed E-state index contributed by atoms with van der Waals surface area (Å²) >= 11 is 1.59. The predicted molar refractivity (Wildman–Crippen MR) is 84.7 cm³/mol. The first kappa shape index (κ1) is 14.5. The molecule has 1 aromatic carbocycles. The smallest absolute Gasteiger partial charge is 0.290 e. The molecule has 6 heteroatoms. The summed E-state index contributed by atoms with van der Waals surface area (Å²) in [4.78, 5) is 17.5. The van der Waals surface area contributed by atoms with Crippen molar-refractivity contribution in [1.82, 2.24) is 15.5 Å². The van der Waals surface area contributed by atoms with Crippen LogP contribution in [0.5, 0.6) is 0 Å². The van der Waals surface area contributed by atoms with Crippen LogP contribution in [0.1, 0.15) is 26.7 Å². The summed E-state index contributed by atoms with van der Waals surface area (Å²) < 4.78 is 4.83. The van der Waals surface area contributed by atoms with Crippen molar-refractivity contribution in [3.63, 3.8) is 0 Å². The van der Waals surface area contributed by atoms with Crippen LogP contribution < -0.4 is 5.32 Å². The van der Waals surface area contributed by atoms with Crippen LogP contribution in [0.3, 0.4) is 0 Å². The van der Waals surface area contributed by atoms with Gasteiger partial charge in [-0.15, -0.1) is 11.3 Å². The molecule has 0 saturated heterocycles. The van der Waals surface area contributed by atoms with Crippen molar-refractivity contribution in [2.75, 3.05) is 0 Å². The maximum absolute atomic E-state index is 11.9. The van der Waals surface area contributed by atoms with Gasteiger partial charge >= 0.3 is 0 Å². The lowest BCUT2D eigenvalue weighted by Gasteiger charge is -2.01. The molecular weight excluding hydrogens is 298 g/mol. The van der Waals surface area contributed by atoms with Crippen molar-refractivity contribution in [2.24, 2.45) is 0 Å². The lowest BCUT2D eigenvalue weighted by atomic mass is 10.1. The fourth-order valence-corrected chi connectivity index (χ4v) is 3.19. The third kappa shape index (κ3) is 2.92. The van der Waals surface area contributed by atoms with Gasteiger partial charge in [0.1, 0.15) is 5.01 Å². The lowest BCUT2D eigenvalue weighted by Crippen LogP contribution is -2.22. The second kappa shape index (κ2) is 6.11. The van der Waals surface area contributed by atoms with Gasteiger partial charge in [0.2, 0.25) is 5.76 Å². The first-order chi connectivity index (χ1) is 10.6. The Morgan fingerprint density at radius 2 is 2.09 bits per heavy atom. The minimum atomic E-state index is -0.275. The number of carbonyl (C=O) groups excluding carboxylic acids is 1. The third-order valence-electron chi connectivity index (χ3n) is 3.34. The average Bonchev–Trinajstić information content (AvgIpc) is 3.15. The molecule has 0 aliphatic rings. The van der Waals surface area contributed by atoms with Gasteiger partial charge in [0.15, 0.2) is 0 Å². The van der Waals surface area contributed by atoms with Crippen molar-refractivity contribution in [3.05, 3.63) is 58.4 Å². The van der Waals surface area contributed by atoms with Crippen molar-refractivity contribution < 1.29 is 9.32 Å². The van der Waals surface area contributed by atoms with Crippen LogP contribution in [0.25, 0.3) is 10.6 Å². The Balaban J connectivity index is 1.76. The number of hydrogen-bond donors (Lipinski definition) is 1. The zero-order chi connectivity index (χ0) is 15.5. The molecule has 0 atom stereocenters. The average molecular weight is 313 g/mol. The summed E-state index contributed by atoms with van der Waals surface area (Å²) in [5, 5.41) is 7.31. The number of benzene rings is 1. The number of amides is 1. The molecule has 5 nitrogen and oxygen atoms in total. The molecule has 0 aliphatic carbocycles. The van der Waals surface area contributed by atoms with E-state index in [4.69, 9.17) is 4.52 Å². The summed E-state index contributed by atoms with van der Waals surface area (Å²) in [5.41, 5.74) is 3.25. The number of rotatable bonds is 4. The van der Waals surface area contributed by atoms with E-state index in [1.165, 1.54) is 17.8 Å². The van der Waals surface area contributed by atoms with E-state index < -0.39 is 0 Å². The van der Waals surface area contributed by atoms with Gasteiger partial charge in [0.05, 0.1) is 18.4 Å². The Morgan fingerprint density at radius 3 is 2.82 bits per heavy atom. The quantitative estimate of drug-likeness (QED) is 0.802. The highest BCUT2D eigenvalue weighted by atomic mass is 32.1. The number of carbonyl (C=O) groups is 1. The molecule has 0 radical (unpaired) electrons. The van der Waals surface area contributed by atoms with Crippen molar-refractivity contribution in [2.45, 2.75) is 20.4 Å². The molecule has 0 bridgehead atoms. The number of thiazole rings is 1. The van der Waals surface area contributed by atoms with Gasteiger partial charge in [0, 0.05) is 16.5 Å². The molecule has 0 aliphatic heterocycles. The number of aryl methyl sites for hydroxylation is 2. The number of hydrogen-bond acceptors (Lipinski definition) is 5. The molecular formula is C16H15N3O2S. The molecule has 0 spiro atoms. The van der Waals surface area contributed by atoms with E-state index in [2.05, 4.69) is 34.5 Å². The van der Waals surface area contributed by atoms with E-state index >= 15 is 0 Å². The Hall–Kier alpha value is -2.47. The van der Waals surface area contributed by atoms with E-state index in [9.17, 15) is 4.79 Å². The second-order valence-corrected chi connectivity index (χ2v) is 5.99. The Kier molecular flexibility index (Phi) is 4.02. The predicted octanol–water partition coefficient (Wildman–Crippen LogP) is 3.34. The third-order valence-corrected chi connectivity index (χ3v) is 4.53. The molecule has 3 aromatic rings. The van der Waals surface area contributed by atoms with E-state index in [-0.39, 0.29) is 11.7 Å². The van der Waals surface area contributed by atoms with Crippen LogP contribution in [0.15, 0.2) is 41.1 Å². The highest BCUT2D eigenvalue weighted by molar-refractivity contribution is 7.15. The summed E-state index contributed by atoms with van der Waals surface area (Å²) in [5.74, 6) is -0.0657. The van der Waals surface area contributed by atoms with E-state index in [1.54, 1.807) is 11.3 Å². The molecule has 22 heavy (non-hydrogen) atoms. The molecule has 0 fully saturated rings. The maximum atomic E-state index is 11.9. The van der Waals surface area contributed by atoms with E-state index in [0.29, 0.717) is 6.54 Å². The first-order valence-electron chi connectivity index (χ1n) is 6.86. The molecule has 3 rings (SSSR count). The van der Waals surface area contributed by atoms with Gasteiger partial charge in [-0.1, -0.05) is 29.4 Å². The highest BCUT2D eigenvalue weighted by Gasteiger charge is 2.14. The lowest BCUT2D eigenvalue weighted by molar-refractivity contribution is 0.0914. The monoisotopic (exact) mass is 313 g/mol. The van der Waals surface area contributed by atoms with Gasteiger partial charge in [-0.05, 0) is 19.4 Å². The molecule has 0 saturated carbocycles. The zero-order valence-corrected chi connectivity index (χ0v) is 13.1. The van der Waals surface area contributed by atoms with Gasteiger partial charge in [-0.25, -0.2) is 4.98 Å². The zero-order valence-electron chi connectivity index (χ0n) is 12.3. The first-order valence-corrected chi connectivity index (χ1v) is 7.68.